The molecule has 0 amide bonds. The second kappa shape index (κ2) is 4.22. The molecule has 0 saturated carbocycles. The van der Waals surface area contributed by atoms with E-state index < -0.39 is 17.5 Å². The summed E-state index contributed by atoms with van der Waals surface area (Å²) in [5, 5.41) is 19.2. The molecule has 0 atom stereocenters. The molecule has 1 aromatic rings. The van der Waals surface area contributed by atoms with Crippen molar-refractivity contribution in [1.82, 2.24) is 0 Å². The number of phenolic OH excluding ortho intramolecular Hbond substituents is 2. The Morgan fingerprint density at radius 2 is 1.81 bits per heavy atom. The third-order valence-corrected chi connectivity index (χ3v) is 2.22. The zero-order valence-corrected chi connectivity index (χ0v) is 9.20. The fourth-order valence-electron chi connectivity index (χ4n) is 1.49. The monoisotopic (exact) mass is 224 g/mol. The highest BCUT2D eigenvalue weighted by Gasteiger charge is 2.23. The maximum Gasteiger partial charge on any atom is 0.341 e. The Bertz CT molecular complexity index is 462. The first-order valence-electron chi connectivity index (χ1n) is 4.55. The van der Waals surface area contributed by atoms with Crippen molar-refractivity contribution in [3.05, 3.63) is 22.8 Å². The highest BCUT2D eigenvalue weighted by Crippen LogP contribution is 2.34. The summed E-state index contributed by atoms with van der Waals surface area (Å²) in [4.78, 5) is 22.6. The number of benzene rings is 1. The van der Waals surface area contributed by atoms with Crippen molar-refractivity contribution >= 4 is 11.8 Å². The van der Waals surface area contributed by atoms with Gasteiger partial charge in [0.25, 0.3) is 0 Å². The lowest BCUT2D eigenvalue weighted by Gasteiger charge is -2.11. The summed E-state index contributed by atoms with van der Waals surface area (Å²) in [5.74, 6) is -2.18. The van der Waals surface area contributed by atoms with Crippen LogP contribution in [-0.4, -0.2) is 29.1 Å². The molecule has 5 nitrogen and oxygen atoms in total. The summed E-state index contributed by atoms with van der Waals surface area (Å²) in [6.07, 6.45) is 0. The van der Waals surface area contributed by atoms with Crippen molar-refractivity contribution in [2.24, 2.45) is 0 Å². The van der Waals surface area contributed by atoms with Gasteiger partial charge in [0.1, 0.15) is 22.6 Å². The normalized spacial score (nSPS) is 9.94. The van der Waals surface area contributed by atoms with Crippen LogP contribution in [0.4, 0.5) is 0 Å². The van der Waals surface area contributed by atoms with E-state index in [1.165, 1.54) is 27.0 Å². The largest absolute Gasteiger partial charge is 0.507 e. The predicted octanol–water partition coefficient (Wildman–Crippen LogP) is 1.40. The summed E-state index contributed by atoms with van der Waals surface area (Å²) in [7, 11) is 1.17. The van der Waals surface area contributed by atoms with Gasteiger partial charge in [-0.05, 0) is 25.5 Å². The topological polar surface area (TPSA) is 83.8 Å². The summed E-state index contributed by atoms with van der Waals surface area (Å²) in [6, 6.07) is 1.24. The molecule has 16 heavy (non-hydrogen) atoms. The number of aryl methyl sites for hydroxylation is 1. The van der Waals surface area contributed by atoms with Gasteiger partial charge in [-0.25, -0.2) is 4.79 Å². The van der Waals surface area contributed by atoms with Gasteiger partial charge in [-0.3, -0.25) is 4.79 Å². The first-order chi connectivity index (χ1) is 7.40. The average Bonchev–Trinajstić information content (AvgIpc) is 2.15. The lowest BCUT2D eigenvalue weighted by molar-refractivity contribution is 0.0596. The van der Waals surface area contributed by atoms with Crippen LogP contribution in [0.2, 0.25) is 0 Å². The number of rotatable bonds is 2. The van der Waals surface area contributed by atoms with Crippen LogP contribution < -0.4 is 0 Å². The zero-order valence-electron chi connectivity index (χ0n) is 9.20. The van der Waals surface area contributed by atoms with E-state index >= 15 is 0 Å². The van der Waals surface area contributed by atoms with Crippen LogP contribution in [0.1, 0.15) is 33.2 Å². The molecule has 2 N–H and O–H groups in total. The van der Waals surface area contributed by atoms with Gasteiger partial charge in [0.15, 0.2) is 5.78 Å². The molecule has 0 unspecified atom stereocenters. The number of carbonyl (C=O) groups is 2. The molecule has 0 heterocycles. The molecule has 5 heteroatoms. The SMILES string of the molecule is COC(=O)c1c(C)cc(O)c(C(C)=O)c1O. The minimum Gasteiger partial charge on any atom is -0.507 e. The Balaban J connectivity index is 3.57. The Labute approximate surface area is 92.3 Å². The number of Topliss-reactive ketones (excluding diaryl/α,β-unsaturated/α-hetero) is 1. The fraction of sp³-hybridized carbons (Fsp3) is 0.273. The van der Waals surface area contributed by atoms with Crippen molar-refractivity contribution in [2.75, 3.05) is 7.11 Å². The number of aromatic hydroxyl groups is 2. The summed E-state index contributed by atoms with van der Waals surface area (Å²) in [5.41, 5.74) is -0.0386. The Hall–Kier alpha value is -2.04. The molecule has 0 fully saturated rings. The molecule has 1 rings (SSSR count). The van der Waals surface area contributed by atoms with Gasteiger partial charge in [0.05, 0.1) is 7.11 Å². The molecule has 0 aliphatic heterocycles. The van der Waals surface area contributed by atoms with E-state index in [1.807, 2.05) is 0 Å². The molecule has 86 valence electrons. The molecule has 0 spiro atoms. The van der Waals surface area contributed by atoms with Crippen molar-refractivity contribution in [1.29, 1.82) is 0 Å². The number of ether oxygens (including phenoxy) is 1. The number of ketones is 1. The van der Waals surface area contributed by atoms with E-state index in [0.717, 1.165) is 0 Å². The molecular formula is C11H12O5. The van der Waals surface area contributed by atoms with E-state index in [0.29, 0.717) is 5.56 Å². The van der Waals surface area contributed by atoms with Gasteiger partial charge in [0.2, 0.25) is 0 Å². The maximum absolute atomic E-state index is 11.4. The highest BCUT2D eigenvalue weighted by molar-refractivity contribution is 6.05. The third kappa shape index (κ3) is 1.84. The zero-order chi connectivity index (χ0) is 12.5. The Morgan fingerprint density at radius 3 is 2.25 bits per heavy atom. The van der Waals surface area contributed by atoms with E-state index in [9.17, 15) is 19.8 Å². The van der Waals surface area contributed by atoms with Crippen LogP contribution in [0.25, 0.3) is 0 Å². The fourth-order valence-corrected chi connectivity index (χ4v) is 1.49. The Morgan fingerprint density at radius 1 is 1.25 bits per heavy atom. The maximum atomic E-state index is 11.4. The molecule has 1 aromatic carbocycles. The molecule has 0 aromatic heterocycles. The average molecular weight is 224 g/mol. The minimum atomic E-state index is -0.752. The summed E-state index contributed by atoms with van der Waals surface area (Å²) < 4.78 is 4.48. The number of hydrogen-bond acceptors (Lipinski definition) is 5. The number of esters is 1. The number of carbonyl (C=O) groups excluding carboxylic acids is 2. The van der Waals surface area contributed by atoms with E-state index in [4.69, 9.17) is 0 Å². The molecule has 0 radical (unpaired) electrons. The van der Waals surface area contributed by atoms with Gasteiger partial charge in [-0.2, -0.15) is 0 Å². The van der Waals surface area contributed by atoms with Crippen molar-refractivity contribution < 1.29 is 24.5 Å². The van der Waals surface area contributed by atoms with Crippen LogP contribution in [0.5, 0.6) is 11.5 Å². The second-order valence-corrected chi connectivity index (χ2v) is 3.36. The van der Waals surface area contributed by atoms with Crippen molar-refractivity contribution in [2.45, 2.75) is 13.8 Å². The van der Waals surface area contributed by atoms with Gasteiger partial charge in [-0.1, -0.05) is 0 Å². The Kier molecular flexibility index (Phi) is 3.17. The number of hydrogen-bond donors (Lipinski definition) is 2. The second-order valence-electron chi connectivity index (χ2n) is 3.36. The smallest absolute Gasteiger partial charge is 0.341 e. The molecule has 0 bridgehead atoms. The lowest BCUT2D eigenvalue weighted by atomic mass is 10.00. The summed E-state index contributed by atoms with van der Waals surface area (Å²) in [6.45, 7) is 2.71. The molecule has 0 aliphatic carbocycles. The number of phenols is 2. The number of methoxy groups -OCH3 is 1. The quantitative estimate of drug-likeness (QED) is 0.586. The third-order valence-electron chi connectivity index (χ3n) is 2.22. The van der Waals surface area contributed by atoms with Crippen LogP contribution in [-0.2, 0) is 4.74 Å². The van der Waals surface area contributed by atoms with Gasteiger partial charge < -0.3 is 14.9 Å². The van der Waals surface area contributed by atoms with Gasteiger partial charge in [-0.15, -0.1) is 0 Å². The minimum absolute atomic E-state index is 0.106. The van der Waals surface area contributed by atoms with Crippen molar-refractivity contribution in [3.63, 3.8) is 0 Å². The van der Waals surface area contributed by atoms with Gasteiger partial charge in [0, 0.05) is 0 Å². The van der Waals surface area contributed by atoms with E-state index in [1.54, 1.807) is 0 Å². The first kappa shape index (κ1) is 12.0. The van der Waals surface area contributed by atoms with Crippen LogP contribution in [0, 0.1) is 6.92 Å². The van der Waals surface area contributed by atoms with E-state index in [-0.39, 0.29) is 16.9 Å². The van der Waals surface area contributed by atoms with Gasteiger partial charge >= 0.3 is 5.97 Å². The van der Waals surface area contributed by atoms with Crippen LogP contribution in [0.15, 0.2) is 6.07 Å². The standard InChI is InChI=1S/C11H12O5/c1-5-4-7(13)9(6(2)12)10(14)8(5)11(15)16-3/h4,13-14H,1-3H3. The summed E-state index contributed by atoms with van der Waals surface area (Å²) >= 11 is 0. The molecule has 0 saturated heterocycles. The van der Waals surface area contributed by atoms with E-state index in [2.05, 4.69) is 4.74 Å². The highest BCUT2D eigenvalue weighted by atomic mass is 16.5. The molecule has 0 aliphatic rings. The molecular weight excluding hydrogens is 212 g/mol. The lowest BCUT2D eigenvalue weighted by Crippen LogP contribution is -2.07. The van der Waals surface area contributed by atoms with Crippen LogP contribution in [0.3, 0.4) is 0 Å². The van der Waals surface area contributed by atoms with Crippen molar-refractivity contribution in [3.8, 4) is 11.5 Å². The predicted molar refractivity (Wildman–Crippen MR) is 55.9 cm³/mol. The van der Waals surface area contributed by atoms with Crippen LogP contribution >= 0.6 is 0 Å². The first-order valence-corrected chi connectivity index (χ1v) is 4.55.